The van der Waals surface area contributed by atoms with Crippen molar-refractivity contribution < 1.29 is 9.84 Å². The summed E-state index contributed by atoms with van der Waals surface area (Å²) < 4.78 is 5.46. The summed E-state index contributed by atoms with van der Waals surface area (Å²) in [7, 11) is 1.70. The van der Waals surface area contributed by atoms with E-state index in [2.05, 4.69) is 38.7 Å². The van der Waals surface area contributed by atoms with Gasteiger partial charge in [-0.05, 0) is 44.4 Å². The second-order valence-electron chi connectivity index (χ2n) is 6.16. The maximum Gasteiger partial charge on any atom is 0.123 e. The van der Waals surface area contributed by atoms with Crippen LogP contribution in [0.2, 0.25) is 0 Å². The van der Waals surface area contributed by atoms with Crippen molar-refractivity contribution in [1.29, 1.82) is 0 Å². The van der Waals surface area contributed by atoms with Crippen molar-refractivity contribution in [3.05, 3.63) is 29.3 Å². The molecule has 1 N–H and O–H groups in total. The van der Waals surface area contributed by atoms with Crippen LogP contribution >= 0.6 is 0 Å². The molecule has 0 heterocycles. The van der Waals surface area contributed by atoms with E-state index in [1.807, 2.05) is 12.1 Å². The SMILES string of the molecule is COc1ccc(C(C)O)cc1CN(CC(C)C)C(C)C. The van der Waals surface area contributed by atoms with Gasteiger partial charge in [0, 0.05) is 24.7 Å². The van der Waals surface area contributed by atoms with Crippen LogP contribution < -0.4 is 4.74 Å². The minimum Gasteiger partial charge on any atom is -0.496 e. The zero-order valence-corrected chi connectivity index (χ0v) is 13.7. The van der Waals surface area contributed by atoms with Gasteiger partial charge in [0.1, 0.15) is 5.75 Å². The molecule has 0 aliphatic heterocycles. The Morgan fingerprint density at radius 3 is 2.25 bits per heavy atom. The van der Waals surface area contributed by atoms with Crippen molar-refractivity contribution in [2.75, 3.05) is 13.7 Å². The molecule has 1 aromatic rings. The van der Waals surface area contributed by atoms with E-state index < -0.39 is 6.10 Å². The lowest BCUT2D eigenvalue weighted by Crippen LogP contribution is -2.33. The highest BCUT2D eigenvalue weighted by Gasteiger charge is 2.15. The van der Waals surface area contributed by atoms with Crippen molar-refractivity contribution in [1.82, 2.24) is 4.90 Å². The summed E-state index contributed by atoms with van der Waals surface area (Å²) in [5.41, 5.74) is 2.08. The van der Waals surface area contributed by atoms with E-state index >= 15 is 0 Å². The van der Waals surface area contributed by atoms with Gasteiger partial charge in [0.2, 0.25) is 0 Å². The van der Waals surface area contributed by atoms with Gasteiger partial charge in [0.05, 0.1) is 13.2 Å². The van der Waals surface area contributed by atoms with Crippen molar-refractivity contribution >= 4 is 0 Å². The number of rotatable bonds is 7. The van der Waals surface area contributed by atoms with Crippen LogP contribution in [0.4, 0.5) is 0 Å². The molecule has 3 heteroatoms. The Morgan fingerprint density at radius 1 is 1.15 bits per heavy atom. The predicted octanol–water partition coefficient (Wildman–Crippen LogP) is 3.61. The number of benzene rings is 1. The molecule has 3 nitrogen and oxygen atoms in total. The lowest BCUT2D eigenvalue weighted by Gasteiger charge is -2.29. The summed E-state index contributed by atoms with van der Waals surface area (Å²) in [5, 5.41) is 9.75. The monoisotopic (exact) mass is 279 g/mol. The first-order valence-corrected chi connectivity index (χ1v) is 7.44. The van der Waals surface area contributed by atoms with Crippen LogP contribution in [-0.2, 0) is 6.54 Å². The Bertz CT molecular complexity index is 413. The molecule has 1 aromatic carbocycles. The molecule has 0 saturated heterocycles. The summed E-state index contributed by atoms with van der Waals surface area (Å²) in [6.07, 6.45) is -0.447. The highest BCUT2D eigenvalue weighted by molar-refractivity contribution is 5.38. The molecule has 0 aromatic heterocycles. The fourth-order valence-electron chi connectivity index (χ4n) is 2.33. The number of hydrogen-bond donors (Lipinski definition) is 1. The van der Waals surface area contributed by atoms with Gasteiger partial charge in [-0.25, -0.2) is 0 Å². The first-order chi connectivity index (χ1) is 9.35. The Balaban J connectivity index is 3.00. The van der Waals surface area contributed by atoms with Crippen LogP contribution in [0, 0.1) is 5.92 Å². The number of aliphatic hydroxyl groups excluding tert-OH is 1. The molecule has 0 bridgehead atoms. The van der Waals surface area contributed by atoms with Crippen LogP contribution in [0.15, 0.2) is 18.2 Å². The first kappa shape index (κ1) is 17.0. The molecule has 1 unspecified atom stereocenters. The third-order valence-electron chi connectivity index (χ3n) is 3.49. The van der Waals surface area contributed by atoms with E-state index in [1.54, 1.807) is 14.0 Å². The van der Waals surface area contributed by atoms with Crippen LogP contribution in [0.5, 0.6) is 5.75 Å². The number of aliphatic hydroxyl groups is 1. The first-order valence-electron chi connectivity index (χ1n) is 7.44. The molecule has 20 heavy (non-hydrogen) atoms. The minimum absolute atomic E-state index is 0.447. The van der Waals surface area contributed by atoms with E-state index in [0.717, 1.165) is 30.0 Å². The number of nitrogens with zero attached hydrogens (tertiary/aromatic N) is 1. The van der Waals surface area contributed by atoms with Gasteiger partial charge in [-0.2, -0.15) is 0 Å². The molecule has 0 aliphatic rings. The van der Waals surface area contributed by atoms with E-state index in [1.165, 1.54) is 0 Å². The number of hydrogen-bond acceptors (Lipinski definition) is 3. The molecular weight excluding hydrogens is 250 g/mol. The molecule has 0 aliphatic carbocycles. The molecule has 114 valence electrons. The highest BCUT2D eigenvalue weighted by Crippen LogP contribution is 2.25. The molecular formula is C17H29NO2. The summed E-state index contributed by atoms with van der Waals surface area (Å²) in [6.45, 7) is 12.6. The van der Waals surface area contributed by atoms with Crippen LogP contribution in [-0.4, -0.2) is 29.7 Å². The Labute approximate surface area is 123 Å². The van der Waals surface area contributed by atoms with Gasteiger partial charge in [-0.15, -0.1) is 0 Å². The minimum atomic E-state index is -0.447. The van der Waals surface area contributed by atoms with E-state index in [-0.39, 0.29) is 0 Å². The van der Waals surface area contributed by atoms with Gasteiger partial charge in [0.15, 0.2) is 0 Å². The molecule has 1 rings (SSSR count). The smallest absolute Gasteiger partial charge is 0.123 e. The molecule has 0 amide bonds. The second-order valence-corrected chi connectivity index (χ2v) is 6.16. The van der Waals surface area contributed by atoms with Crippen molar-refractivity contribution in [2.45, 2.75) is 53.3 Å². The molecule has 0 radical (unpaired) electrons. The second kappa shape index (κ2) is 7.65. The van der Waals surface area contributed by atoms with Gasteiger partial charge < -0.3 is 9.84 Å². The molecule has 0 fully saturated rings. The number of ether oxygens (including phenoxy) is 1. The summed E-state index contributed by atoms with van der Waals surface area (Å²) in [4.78, 5) is 2.44. The molecule has 1 atom stereocenters. The third-order valence-corrected chi connectivity index (χ3v) is 3.49. The maximum absolute atomic E-state index is 9.75. The zero-order valence-electron chi connectivity index (χ0n) is 13.7. The van der Waals surface area contributed by atoms with Crippen LogP contribution in [0.25, 0.3) is 0 Å². The van der Waals surface area contributed by atoms with Crippen LogP contribution in [0.3, 0.4) is 0 Å². The third kappa shape index (κ3) is 4.80. The average Bonchev–Trinajstić information content (AvgIpc) is 2.37. The van der Waals surface area contributed by atoms with Gasteiger partial charge in [-0.3, -0.25) is 4.90 Å². The number of methoxy groups -OCH3 is 1. The van der Waals surface area contributed by atoms with Crippen LogP contribution in [0.1, 0.15) is 51.8 Å². The fraction of sp³-hybridized carbons (Fsp3) is 0.647. The summed E-state index contributed by atoms with van der Waals surface area (Å²) in [6, 6.07) is 6.41. The summed E-state index contributed by atoms with van der Waals surface area (Å²) in [5.74, 6) is 1.52. The Hall–Kier alpha value is -1.06. The van der Waals surface area contributed by atoms with Crippen molar-refractivity contribution in [2.24, 2.45) is 5.92 Å². The average molecular weight is 279 g/mol. The fourth-order valence-corrected chi connectivity index (χ4v) is 2.33. The Morgan fingerprint density at radius 2 is 1.80 bits per heavy atom. The Kier molecular flexibility index (Phi) is 6.50. The predicted molar refractivity (Wildman–Crippen MR) is 84.0 cm³/mol. The van der Waals surface area contributed by atoms with E-state index in [4.69, 9.17) is 4.74 Å². The van der Waals surface area contributed by atoms with Gasteiger partial charge in [0.25, 0.3) is 0 Å². The zero-order chi connectivity index (χ0) is 15.3. The lowest BCUT2D eigenvalue weighted by atomic mass is 10.0. The van der Waals surface area contributed by atoms with Gasteiger partial charge >= 0.3 is 0 Å². The van der Waals surface area contributed by atoms with E-state index in [0.29, 0.717) is 12.0 Å². The van der Waals surface area contributed by atoms with Gasteiger partial charge in [-0.1, -0.05) is 19.9 Å². The standard InChI is InChI=1S/C17H29NO2/c1-12(2)10-18(13(3)4)11-16-9-15(14(5)19)7-8-17(16)20-6/h7-9,12-14,19H,10-11H2,1-6H3. The topological polar surface area (TPSA) is 32.7 Å². The highest BCUT2D eigenvalue weighted by atomic mass is 16.5. The maximum atomic E-state index is 9.75. The summed E-state index contributed by atoms with van der Waals surface area (Å²) >= 11 is 0. The van der Waals surface area contributed by atoms with Crippen molar-refractivity contribution in [3.63, 3.8) is 0 Å². The quantitative estimate of drug-likeness (QED) is 0.827. The normalized spacial score (nSPS) is 13.3. The molecule has 0 spiro atoms. The van der Waals surface area contributed by atoms with E-state index in [9.17, 15) is 5.11 Å². The largest absolute Gasteiger partial charge is 0.496 e. The lowest BCUT2D eigenvalue weighted by molar-refractivity contribution is 0.185. The molecule has 0 saturated carbocycles. The van der Waals surface area contributed by atoms with Crippen molar-refractivity contribution in [3.8, 4) is 5.75 Å².